The van der Waals surface area contributed by atoms with Crippen LogP contribution in [0.2, 0.25) is 0 Å². The van der Waals surface area contributed by atoms with Gasteiger partial charge in [0.05, 0.1) is 0 Å². The lowest BCUT2D eigenvalue weighted by Gasteiger charge is -2.17. The fraction of sp³-hybridized carbons (Fsp3) is 0.235. The zero-order valence-corrected chi connectivity index (χ0v) is 14.7. The highest BCUT2D eigenvalue weighted by atomic mass is 32.2. The summed E-state index contributed by atoms with van der Waals surface area (Å²) in [6.07, 6.45) is 0. The summed E-state index contributed by atoms with van der Waals surface area (Å²) in [7, 11) is -4.28. The van der Waals surface area contributed by atoms with E-state index in [1.807, 2.05) is 0 Å². The second-order valence-corrected chi connectivity index (χ2v) is 8.09. The van der Waals surface area contributed by atoms with Gasteiger partial charge < -0.3 is 5.32 Å². The van der Waals surface area contributed by atoms with Gasteiger partial charge in [-0.2, -0.15) is 0 Å². The summed E-state index contributed by atoms with van der Waals surface area (Å²) in [5.74, 6) is -2.88. The van der Waals surface area contributed by atoms with E-state index in [4.69, 9.17) is 0 Å². The Bertz CT molecular complexity index is 889. The Balaban J connectivity index is 2.18. The summed E-state index contributed by atoms with van der Waals surface area (Å²) >= 11 is 0. The minimum absolute atomic E-state index is 0.150. The fourth-order valence-corrected chi connectivity index (χ4v) is 2.99. The second-order valence-electron chi connectivity index (χ2n) is 6.44. The van der Waals surface area contributed by atoms with Crippen molar-refractivity contribution >= 4 is 27.3 Å². The van der Waals surface area contributed by atoms with Gasteiger partial charge in [-0.1, -0.05) is 26.8 Å². The van der Waals surface area contributed by atoms with E-state index in [0.29, 0.717) is 5.69 Å². The van der Waals surface area contributed by atoms with Gasteiger partial charge in [0.25, 0.3) is 10.0 Å². The van der Waals surface area contributed by atoms with Crippen LogP contribution in [0.3, 0.4) is 0 Å². The molecule has 134 valence electrons. The number of anilines is 2. The Hall–Kier alpha value is -2.48. The van der Waals surface area contributed by atoms with Crippen molar-refractivity contribution in [3.8, 4) is 0 Å². The molecule has 0 fully saturated rings. The number of sulfonamides is 1. The topological polar surface area (TPSA) is 75.3 Å². The van der Waals surface area contributed by atoms with Gasteiger partial charge in [0.1, 0.15) is 4.90 Å². The Morgan fingerprint density at radius 1 is 0.960 bits per heavy atom. The van der Waals surface area contributed by atoms with E-state index in [9.17, 15) is 22.0 Å². The highest BCUT2D eigenvalue weighted by molar-refractivity contribution is 7.92. The van der Waals surface area contributed by atoms with E-state index in [1.54, 1.807) is 20.8 Å². The molecule has 2 aromatic rings. The molecule has 2 rings (SSSR count). The first-order valence-electron chi connectivity index (χ1n) is 7.39. The summed E-state index contributed by atoms with van der Waals surface area (Å²) in [6, 6.07) is 8.74. The van der Waals surface area contributed by atoms with Gasteiger partial charge in [0.2, 0.25) is 5.91 Å². The van der Waals surface area contributed by atoms with Gasteiger partial charge in [-0.25, -0.2) is 17.2 Å². The normalized spacial score (nSPS) is 11.9. The number of hydrogen-bond acceptors (Lipinski definition) is 3. The summed E-state index contributed by atoms with van der Waals surface area (Å²) in [4.78, 5) is 11.1. The van der Waals surface area contributed by atoms with Crippen molar-refractivity contribution in [1.29, 1.82) is 0 Å². The largest absolute Gasteiger partial charge is 0.326 e. The summed E-state index contributed by atoms with van der Waals surface area (Å²) in [5.41, 5.74) is 0.0621. The molecule has 0 aliphatic heterocycles. The molecule has 25 heavy (non-hydrogen) atoms. The Morgan fingerprint density at radius 3 is 2.08 bits per heavy atom. The molecule has 2 aromatic carbocycles. The average molecular weight is 368 g/mol. The van der Waals surface area contributed by atoms with E-state index in [2.05, 4.69) is 10.0 Å². The molecule has 0 aliphatic carbocycles. The van der Waals surface area contributed by atoms with Crippen molar-refractivity contribution in [2.75, 3.05) is 10.0 Å². The number of amides is 1. The first-order chi connectivity index (χ1) is 11.5. The molecule has 0 aromatic heterocycles. The highest BCUT2D eigenvalue weighted by Gasteiger charge is 2.22. The maximum Gasteiger partial charge on any atom is 0.264 e. The summed E-state index contributed by atoms with van der Waals surface area (Å²) in [6.45, 7) is 5.29. The molecule has 0 radical (unpaired) electrons. The number of rotatable bonds is 4. The van der Waals surface area contributed by atoms with Gasteiger partial charge in [-0.05, 0) is 36.4 Å². The van der Waals surface area contributed by atoms with Gasteiger partial charge in [0.15, 0.2) is 11.6 Å². The lowest BCUT2D eigenvalue weighted by atomic mass is 9.95. The number of benzene rings is 2. The zero-order valence-electron chi connectivity index (χ0n) is 13.9. The quantitative estimate of drug-likeness (QED) is 0.863. The molecule has 0 bridgehead atoms. The van der Waals surface area contributed by atoms with Crippen LogP contribution in [-0.4, -0.2) is 14.3 Å². The SMILES string of the molecule is CC(C)(C)C(=O)Nc1ccc(NS(=O)(=O)c2cccc(F)c2F)cc1. The van der Waals surface area contributed by atoms with Gasteiger partial charge in [-0.3, -0.25) is 9.52 Å². The molecule has 0 saturated heterocycles. The van der Waals surface area contributed by atoms with E-state index < -0.39 is 32.0 Å². The smallest absolute Gasteiger partial charge is 0.264 e. The molecule has 0 heterocycles. The number of nitrogens with one attached hydrogen (secondary N) is 2. The third-order valence-corrected chi connectivity index (χ3v) is 4.68. The number of carbonyl (C=O) groups is 1. The average Bonchev–Trinajstić information content (AvgIpc) is 2.50. The number of halogens is 2. The molecule has 0 saturated carbocycles. The van der Waals surface area contributed by atoms with Crippen LogP contribution in [0, 0.1) is 17.0 Å². The summed E-state index contributed by atoms with van der Waals surface area (Å²) < 4.78 is 53.4. The van der Waals surface area contributed by atoms with Crippen LogP contribution in [0.4, 0.5) is 20.2 Å². The van der Waals surface area contributed by atoms with Gasteiger partial charge in [0, 0.05) is 16.8 Å². The van der Waals surface area contributed by atoms with Crippen molar-refractivity contribution in [2.45, 2.75) is 25.7 Å². The van der Waals surface area contributed by atoms with Crippen molar-refractivity contribution < 1.29 is 22.0 Å². The molecule has 1 amide bonds. The molecule has 0 spiro atoms. The lowest BCUT2D eigenvalue weighted by Crippen LogP contribution is -2.27. The maximum atomic E-state index is 13.7. The lowest BCUT2D eigenvalue weighted by molar-refractivity contribution is -0.123. The first-order valence-corrected chi connectivity index (χ1v) is 8.87. The Labute approximate surface area is 145 Å². The molecule has 0 atom stereocenters. The molecule has 5 nitrogen and oxygen atoms in total. The van der Waals surface area contributed by atoms with Crippen LogP contribution in [0.15, 0.2) is 47.4 Å². The molecule has 2 N–H and O–H groups in total. The van der Waals surface area contributed by atoms with E-state index in [0.717, 1.165) is 18.2 Å². The monoisotopic (exact) mass is 368 g/mol. The molecule has 8 heteroatoms. The second kappa shape index (κ2) is 6.79. The third kappa shape index (κ3) is 4.54. The number of hydrogen-bond donors (Lipinski definition) is 2. The van der Waals surface area contributed by atoms with E-state index >= 15 is 0 Å². The van der Waals surface area contributed by atoms with Crippen molar-refractivity contribution in [2.24, 2.45) is 5.41 Å². The van der Waals surface area contributed by atoms with Crippen LogP contribution in [0.1, 0.15) is 20.8 Å². The van der Waals surface area contributed by atoms with Crippen LogP contribution in [-0.2, 0) is 14.8 Å². The first kappa shape index (κ1) is 18.9. The predicted octanol–water partition coefficient (Wildman–Crippen LogP) is 3.75. The van der Waals surface area contributed by atoms with Crippen LogP contribution < -0.4 is 10.0 Å². The minimum atomic E-state index is -4.28. The highest BCUT2D eigenvalue weighted by Crippen LogP contribution is 2.23. The fourth-order valence-electron chi connectivity index (χ4n) is 1.84. The van der Waals surface area contributed by atoms with Crippen LogP contribution in [0.25, 0.3) is 0 Å². The molecule has 0 aliphatic rings. The predicted molar refractivity (Wildman–Crippen MR) is 91.7 cm³/mol. The van der Waals surface area contributed by atoms with Crippen molar-refractivity contribution in [3.05, 3.63) is 54.1 Å². The van der Waals surface area contributed by atoms with Gasteiger partial charge in [-0.15, -0.1) is 0 Å². The Kier molecular flexibility index (Phi) is 5.12. The van der Waals surface area contributed by atoms with Crippen LogP contribution in [0.5, 0.6) is 0 Å². The molecule has 0 unspecified atom stereocenters. The van der Waals surface area contributed by atoms with E-state index in [-0.39, 0.29) is 11.6 Å². The van der Waals surface area contributed by atoms with Gasteiger partial charge >= 0.3 is 0 Å². The maximum absolute atomic E-state index is 13.7. The summed E-state index contributed by atoms with van der Waals surface area (Å²) in [5, 5.41) is 2.69. The third-order valence-electron chi connectivity index (χ3n) is 3.28. The number of carbonyl (C=O) groups excluding carboxylic acids is 1. The minimum Gasteiger partial charge on any atom is -0.326 e. The zero-order chi connectivity index (χ0) is 18.8. The van der Waals surface area contributed by atoms with Crippen molar-refractivity contribution in [3.63, 3.8) is 0 Å². The van der Waals surface area contributed by atoms with Crippen molar-refractivity contribution in [1.82, 2.24) is 0 Å². The molecular weight excluding hydrogens is 350 g/mol. The van der Waals surface area contributed by atoms with E-state index in [1.165, 1.54) is 24.3 Å². The standard InChI is InChI=1S/C17H18F2N2O3S/c1-17(2,3)16(22)20-11-7-9-12(10-8-11)21-25(23,24)14-6-4-5-13(18)15(14)19/h4-10,21H,1-3H3,(H,20,22). The van der Waals surface area contributed by atoms with Crippen LogP contribution >= 0.6 is 0 Å². The molecular formula is C17H18F2N2O3S. The Morgan fingerprint density at radius 2 is 1.52 bits per heavy atom.